The van der Waals surface area contributed by atoms with Crippen LogP contribution in [-0.2, 0) is 4.74 Å². The highest BCUT2D eigenvalue weighted by molar-refractivity contribution is 6.08. The molecule has 4 aromatic rings. The third-order valence-corrected chi connectivity index (χ3v) is 5.70. The third kappa shape index (κ3) is 3.88. The number of fused-ring (bicyclic) bond motifs is 1. The van der Waals surface area contributed by atoms with E-state index in [9.17, 15) is 4.79 Å². The summed E-state index contributed by atoms with van der Waals surface area (Å²) in [6.45, 7) is 2.78. The molecule has 2 aromatic carbocycles. The Kier molecular flexibility index (Phi) is 5.66. The largest absolute Gasteiger partial charge is 0.497 e. The maximum Gasteiger partial charge on any atom is 0.291 e. The summed E-state index contributed by atoms with van der Waals surface area (Å²) in [5, 5.41) is 3.88. The predicted octanol–water partition coefficient (Wildman–Crippen LogP) is 4.71. The zero-order valence-electron chi connectivity index (χ0n) is 17.7. The van der Waals surface area contributed by atoms with Gasteiger partial charge in [-0.2, -0.15) is 0 Å². The van der Waals surface area contributed by atoms with Gasteiger partial charge in [-0.1, -0.05) is 24.3 Å². The van der Waals surface area contributed by atoms with E-state index in [1.807, 2.05) is 48.5 Å². The molecular formula is C25H24N2O5. The first kappa shape index (κ1) is 20.4. The maximum absolute atomic E-state index is 12.9. The van der Waals surface area contributed by atoms with Gasteiger partial charge in [-0.05, 0) is 42.0 Å². The molecule has 0 spiro atoms. The van der Waals surface area contributed by atoms with Crippen LogP contribution in [0, 0.1) is 0 Å². The molecule has 0 radical (unpaired) electrons. The van der Waals surface area contributed by atoms with Crippen molar-refractivity contribution in [3.05, 3.63) is 84.0 Å². The van der Waals surface area contributed by atoms with Crippen LogP contribution in [0.1, 0.15) is 27.9 Å². The highest BCUT2D eigenvalue weighted by atomic mass is 16.5. The smallest absolute Gasteiger partial charge is 0.291 e. The van der Waals surface area contributed by atoms with Crippen molar-refractivity contribution in [1.82, 2.24) is 4.90 Å². The van der Waals surface area contributed by atoms with Gasteiger partial charge in [-0.3, -0.25) is 9.69 Å². The number of anilines is 1. The molecule has 164 valence electrons. The van der Waals surface area contributed by atoms with Crippen LogP contribution >= 0.6 is 0 Å². The number of benzene rings is 2. The van der Waals surface area contributed by atoms with Crippen LogP contribution in [0.2, 0.25) is 0 Å². The van der Waals surface area contributed by atoms with Gasteiger partial charge < -0.3 is 23.6 Å². The van der Waals surface area contributed by atoms with E-state index in [4.69, 9.17) is 18.3 Å². The first-order chi connectivity index (χ1) is 15.7. The molecule has 1 saturated heterocycles. The second kappa shape index (κ2) is 8.90. The number of methoxy groups -OCH3 is 1. The van der Waals surface area contributed by atoms with Crippen LogP contribution in [0.4, 0.5) is 5.69 Å². The molecule has 0 aliphatic carbocycles. The Hall–Kier alpha value is -3.55. The first-order valence-corrected chi connectivity index (χ1v) is 10.6. The minimum Gasteiger partial charge on any atom is -0.497 e. The van der Waals surface area contributed by atoms with Crippen molar-refractivity contribution in [2.75, 3.05) is 38.7 Å². The second-order valence-corrected chi connectivity index (χ2v) is 7.59. The van der Waals surface area contributed by atoms with Crippen LogP contribution in [0.5, 0.6) is 5.75 Å². The van der Waals surface area contributed by atoms with Crippen LogP contribution in [0.25, 0.3) is 11.0 Å². The number of rotatable bonds is 6. The number of hydrogen-bond acceptors (Lipinski definition) is 6. The summed E-state index contributed by atoms with van der Waals surface area (Å²) < 4.78 is 22.6. The summed E-state index contributed by atoms with van der Waals surface area (Å²) >= 11 is 0. The molecule has 5 rings (SSSR count). The molecule has 1 N–H and O–H groups in total. The van der Waals surface area contributed by atoms with Crippen molar-refractivity contribution in [3.8, 4) is 5.75 Å². The van der Waals surface area contributed by atoms with Gasteiger partial charge in [0, 0.05) is 18.5 Å². The summed E-state index contributed by atoms with van der Waals surface area (Å²) in [5.41, 5.74) is 2.40. The molecule has 1 unspecified atom stereocenters. The number of para-hydroxylation sites is 1. The summed E-state index contributed by atoms with van der Waals surface area (Å²) in [6.07, 6.45) is 1.48. The van der Waals surface area contributed by atoms with Crippen LogP contribution in [-0.4, -0.2) is 44.2 Å². The van der Waals surface area contributed by atoms with Gasteiger partial charge in [-0.25, -0.2) is 0 Å². The van der Waals surface area contributed by atoms with Gasteiger partial charge in [0.25, 0.3) is 5.91 Å². The minimum atomic E-state index is -0.321. The average Bonchev–Trinajstić information content (AvgIpc) is 3.50. The highest BCUT2D eigenvalue weighted by Gasteiger charge is 2.31. The fraction of sp³-hybridized carbons (Fsp3) is 0.240. The van der Waals surface area contributed by atoms with E-state index >= 15 is 0 Å². The zero-order valence-corrected chi connectivity index (χ0v) is 17.7. The van der Waals surface area contributed by atoms with Gasteiger partial charge in [0.15, 0.2) is 5.76 Å². The fourth-order valence-electron chi connectivity index (χ4n) is 4.12. The Balaban J connectivity index is 1.63. The van der Waals surface area contributed by atoms with Crippen molar-refractivity contribution in [2.24, 2.45) is 0 Å². The van der Waals surface area contributed by atoms with Crippen LogP contribution < -0.4 is 10.1 Å². The van der Waals surface area contributed by atoms with E-state index in [1.54, 1.807) is 19.2 Å². The number of morpholine rings is 1. The number of furan rings is 2. The minimum absolute atomic E-state index is 0.205. The van der Waals surface area contributed by atoms with E-state index in [0.29, 0.717) is 30.2 Å². The van der Waals surface area contributed by atoms with E-state index < -0.39 is 0 Å². The second-order valence-electron chi connectivity index (χ2n) is 7.59. The Morgan fingerprint density at radius 1 is 1.03 bits per heavy atom. The molecule has 0 bridgehead atoms. The molecule has 1 amide bonds. The number of amides is 1. The lowest BCUT2D eigenvalue weighted by Gasteiger charge is -2.34. The molecule has 7 nitrogen and oxygen atoms in total. The number of nitrogens with zero attached hydrogens (tertiary/aromatic N) is 1. The summed E-state index contributed by atoms with van der Waals surface area (Å²) in [5.74, 6) is 1.38. The van der Waals surface area contributed by atoms with Crippen molar-refractivity contribution in [3.63, 3.8) is 0 Å². The standard InChI is InChI=1S/C25H24N2O5/c1-29-18-10-8-17(9-11-18)23(27-12-15-30-16-13-27)24-22(19-5-2-3-6-20(19)32-24)26-25(28)21-7-4-14-31-21/h2-11,14,23H,12-13,15-16H2,1H3,(H,26,28). The highest BCUT2D eigenvalue weighted by Crippen LogP contribution is 2.41. The maximum atomic E-state index is 12.9. The number of carbonyl (C=O) groups excluding carboxylic acids is 1. The molecule has 1 aliphatic heterocycles. The Morgan fingerprint density at radius 2 is 1.81 bits per heavy atom. The Labute approximate surface area is 185 Å². The number of hydrogen-bond donors (Lipinski definition) is 1. The quantitative estimate of drug-likeness (QED) is 0.476. The molecular weight excluding hydrogens is 408 g/mol. The summed E-state index contributed by atoms with van der Waals surface area (Å²) in [4.78, 5) is 15.2. The van der Waals surface area contributed by atoms with Crippen molar-refractivity contribution >= 4 is 22.6 Å². The van der Waals surface area contributed by atoms with Crippen molar-refractivity contribution in [2.45, 2.75) is 6.04 Å². The van der Waals surface area contributed by atoms with E-state index in [-0.39, 0.29) is 17.7 Å². The third-order valence-electron chi connectivity index (χ3n) is 5.70. The van der Waals surface area contributed by atoms with E-state index in [0.717, 1.165) is 29.8 Å². The molecule has 1 aliphatic rings. The number of ether oxygens (including phenoxy) is 2. The SMILES string of the molecule is COc1ccc(C(c2oc3ccccc3c2NC(=O)c2ccco2)N2CCOCC2)cc1. The monoisotopic (exact) mass is 432 g/mol. The van der Waals surface area contributed by atoms with Crippen LogP contribution in [0.3, 0.4) is 0 Å². The van der Waals surface area contributed by atoms with Crippen LogP contribution in [0.15, 0.2) is 75.8 Å². The lowest BCUT2D eigenvalue weighted by molar-refractivity contribution is 0.0206. The van der Waals surface area contributed by atoms with Crippen molar-refractivity contribution in [1.29, 1.82) is 0 Å². The van der Waals surface area contributed by atoms with Gasteiger partial charge >= 0.3 is 0 Å². The number of carbonyl (C=O) groups is 1. The van der Waals surface area contributed by atoms with Gasteiger partial charge in [0.05, 0.1) is 38.3 Å². The predicted molar refractivity (Wildman–Crippen MR) is 120 cm³/mol. The molecule has 2 aromatic heterocycles. The Bertz CT molecular complexity index is 1190. The fourth-order valence-corrected chi connectivity index (χ4v) is 4.12. The lowest BCUT2D eigenvalue weighted by atomic mass is 10.00. The normalized spacial score (nSPS) is 15.5. The van der Waals surface area contributed by atoms with Gasteiger partial charge in [0.1, 0.15) is 17.1 Å². The average molecular weight is 432 g/mol. The molecule has 0 saturated carbocycles. The van der Waals surface area contributed by atoms with E-state index in [2.05, 4.69) is 10.2 Å². The molecule has 3 heterocycles. The topological polar surface area (TPSA) is 77.1 Å². The van der Waals surface area contributed by atoms with Gasteiger partial charge in [-0.15, -0.1) is 0 Å². The molecule has 1 fully saturated rings. The summed E-state index contributed by atoms with van der Waals surface area (Å²) in [7, 11) is 1.65. The first-order valence-electron chi connectivity index (χ1n) is 10.6. The molecule has 7 heteroatoms. The zero-order chi connectivity index (χ0) is 21.9. The molecule has 32 heavy (non-hydrogen) atoms. The van der Waals surface area contributed by atoms with E-state index in [1.165, 1.54) is 6.26 Å². The number of nitrogens with one attached hydrogen (secondary N) is 1. The van der Waals surface area contributed by atoms with Gasteiger partial charge in [0.2, 0.25) is 0 Å². The van der Waals surface area contributed by atoms with Crippen molar-refractivity contribution < 1.29 is 23.1 Å². The Morgan fingerprint density at radius 3 is 2.53 bits per heavy atom. The summed E-state index contributed by atoms with van der Waals surface area (Å²) in [6, 6.07) is 18.8. The lowest BCUT2D eigenvalue weighted by Crippen LogP contribution is -2.39. The molecule has 1 atom stereocenters.